The number of hydrogen-bond donors (Lipinski definition) is 0. The van der Waals surface area contributed by atoms with E-state index in [1.165, 1.54) is 50.1 Å². The second-order valence-electron chi connectivity index (χ2n) is 12.6. The summed E-state index contributed by atoms with van der Waals surface area (Å²) in [7, 11) is 0. The molecule has 4 heterocycles. The van der Waals surface area contributed by atoms with Crippen molar-refractivity contribution >= 4 is 45.3 Å². The van der Waals surface area contributed by atoms with Crippen LogP contribution < -0.4 is 0 Å². The molecule has 0 spiro atoms. The number of ether oxygens (including phenoxy) is 6. The molecule has 10 heteroatoms. The van der Waals surface area contributed by atoms with E-state index in [-0.39, 0.29) is 0 Å². The minimum Gasteiger partial charge on any atom is -0.379 e. The lowest BCUT2D eigenvalue weighted by Gasteiger charge is -2.05. The first-order valence-corrected chi connectivity index (χ1v) is 22.5. The number of rotatable bonds is 24. The SMILES string of the molecule is CCOCCOCCOCCc1ccc(-c2ccc(-c3ccc(C#Cc4ccc(-c5ccc(-c6ccc(CCOCCOCCOCC)s6)s5)cc4)cc3)s2)s1. The van der Waals surface area contributed by atoms with E-state index >= 15 is 0 Å². The monoisotopic (exact) mass is 826 g/mol. The zero-order valence-corrected chi connectivity index (χ0v) is 35.5. The summed E-state index contributed by atoms with van der Waals surface area (Å²) < 4.78 is 33.1. The molecule has 6 rings (SSSR count). The first kappa shape index (κ1) is 42.2. The van der Waals surface area contributed by atoms with Crippen molar-refractivity contribution in [1.82, 2.24) is 0 Å². The lowest BCUT2D eigenvalue weighted by molar-refractivity contribution is 0.0176. The molecule has 0 aliphatic rings. The molecule has 0 bridgehead atoms. The van der Waals surface area contributed by atoms with E-state index in [1.807, 2.05) is 59.2 Å². The lowest BCUT2D eigenvalue weighted by Crippen LogP contribution is -2.10. The largest absolute Gasteiger partial charge is 0.379 e. The summed E-state index contributed by atoms with van der Waals surface area (Å²) in [5.74, 6) is 6.70. The van der Waals surface area contributed by atoms with Gasteiger partial charge in [0.1, 0.15) is 0 Å². The lowest BCUT2D eigenvalue weighted by atomic mass is 10.1. The van der Waals surface area contributed by atoms with E-state index in [4.69, 9.17) is 28.4 Å². The fourth-order valence-corrected chi connectivity index (χ4v) is 9.81. The maximum absolute atomic E-state index is 5.76. The van der Waals surface area contributed by atoms with Gasteiger partial charge in [0.05, 0.1) is 66.1 Å². The minimum absolute atomic E-state index is 0.602. The molecule has 2 aromatic carbocycles. The molecule has 0 atom stereocenters. The summed E-state index contributed by atoms with van der Waals surface area (Å²) in [6.07, 6.45) is 1.82. The van der Waals surface area contributed by atoms with Crippen LogP contribution in [0.15, 0.2) is 97.1 Å². The molecule has 0 unspecified atom stereocenters. The Morgan fingerprint density at radius 2 is 0.661 bits per heavy atom. The number of benzene rings is 2. The van der Waals surface area contributed by atoms with E-state index in [0.29, 0.717) is 66.1 Å². The maximum atomic E-state index is 5.76. The molecular weight excluding hydrogens is 777 g/mol. The Hall–Kier alpha value is -3.44. The van der Waals surface area contributed by atoms with Crippen LogP contribution in [0.3, 0.4) is 0 Å². The molecule has 4 aromatic heterocycles. The molecule has 0 radical (unpaired) electrons. The third-order valence-electron chi connectivity index (χ3n) is 8.59. The summed E-state index contributed by atoms with van der Waals surface area (Å²) >= 11 is 7.33. The minimum atomic E-state index is 0.602. The van der Waals surface area contributed by atoms with Crippen molar-refractivity contribution in [3.8, 4) is 52.2 Å². The Kier molecular flexibility index (Phi) is 17.9. The second-order valence-corrected chi connectivity index (χ2v) is 17.1. The molecule has 0 fully saturated rings. The zero-order chi connectivity index (χ0) is 38.6. The average Bonchev–Trinajstić information content (AvgIpc) is 4.07. The van der Waals surface area contributed by atoms with Gasteiger partial charge in [0.25, 0.3) is 0 Å². The van der Waals surface area contributed by atoms with E-state index in [0.717, 1.165) is 37.2 Å². The van der Waals surface area contributed by atoms with E-state index in [9.17, 15) is 0 Å². The smallest absolute Gasteiger partial charge is 0.0701 e. The molecule has 0 amide bonds. The van der Waals surface area contributed by atoms with Crippen molar-refractivity contribution in [3.63, 3.8) is 0 Å². The van der Waals surface area contributed by atoms with Crippen molar-refractivity contribution in [2.45, 2.75) is 26.7 Å². The second kappa shape index (κ2) is 23.7. The first-order chi connectivity index (χ1) is 27.7. The topological polar surface area (TPSA) is 55.4 Å². The van der Waals surface area contributed by atoms with Gasteiger partial charge in [-0.3, -0.25) is 0 Å². The van der Waals surface area contributed by atoms with Crippen molar-refractivity contribution in [1.29, 1.82) is 0 Å². The van der Waals surface area contributed by atoms with E-state index in [1.54, 1.807) is 0 Å². The van der Waals surface area contributed by atoms with Gasteiger partial charge in [-0.05, 0) is 97.8 Å². The van der Waals surface area contributed by atoms with Crippen LogP contribution in [-0.4, -0.2) is 79.3 Å². The van der Waals surface area contributed by atoms with Crippen molar-refractivity contribution in [2.75, 3.05) is 79.3 Å². The van der Waals surface area contributed by atoms with Gasteiger partial charge in [0, 0.05) is 76.2 Å². The van der Waals surface area contributed by atoms with E-state index in [2.05, 4.69) is 109 Å². The highest BCUT2D eigenvalue weighted by Gasteiger charge is 2.10. The van der Waals surface area contributed by atoms with Gasteiger partial charge in [0.15, 0.2) is 0 Å². The molecule has 0 N–H and O–H groups in total. The van der Waals surface area contributed by atoms with Crippen LogP contribution in [0.1, 0.15) is 34.7 Å². The molecule has 0 aliphatic heterocycles. The summed E-state index contributed by atoms with van der Waals surface area (Å²) in [6.45, 7) is 11.7. The maximum Gasteiger partial charge on any atom is 0.0701 e. The van der Waals surface area contributed by atoms with Crippen molar-refractivity contribution < 1.29 is 28.4 Å². The van der Waals surface area contributed by atoms with E-state index < -0.39 is 0 Å². The fraction of sp³-hybridized carbons (Fsp3) is 0.348. The van der Waals surface area contributed by atoms with Gasteiger partial charge in [0.2, 0.25) is 0 Å². The first-order valence-electron chi connectivity index (χ1n) is 19.3. The Morgan fingerprint density at radius 1 is 0.339 bits per heavy atom. The molecular formula is C46H50O6S4. The van der Waals surface area contributed by atoms with Gasteiger partial charge in [-0.15, -0.1) is 45.3 Å². The average molecular weight is 827 g/mol. The van der Waals surface area contributed by atoms with Gasteiger partial charge in [-0.25, -0.2) is 0 Å². The normalized spacial score (nSPS) is 11.2. The molecule has 0 saturated carbocycles. The third kappa shape index (κ3) is 13.6. The van der Waals surface area contributed by atoms with Crippen LogP contribution in [0.5, 0.6) is 0 Å². The van der Waals surface area contributed by atoms with Crippen LogP contribution in [0.25, 0.3) is 40.4 Å². The van der Waals surface area contributed by atoms with Gasteiger partial charge < -0.3 is 28.4 Å². The number of hydrogen-bond acceptors (Lipinski definition) is 10. The molecule has 6 aromatic rings. The molecule has 56 heavy (non-hydrogen) atoms. The van der Waals surface area contributed by atoms with Gasteiger partial charge in [-0.2, -0.15) is 0 Å². The summed E-state index contributed by atoms with van der Waals surface area (Å²) in [6, 6.07) is 34.9. The third-order valence-corrected chi connectivity index (χ3v) is 13.5. The molecule has 0 saturated heterocycles. The van der Waals surface area contributed by atoms with Crippen LogP contribution in [0, 0.1) is 11.8 Å². The Balaban J connectivity index is 0.930. The number of thiophene rings is 4. The summed E-state index contributed by atoms with van der Waals surface area (Å²) in [4.78, 5) is 10.3. The Bertz CT molecular complexity index is 1920. The standard InChI is InChI=1S/C46H50O6S4/c1-3-47-27-29-51-33-31-49-25-23-39-15-17-43(53-39)45-21-19-41(55-45)37-11-7-35(8-12-37)5-6-36-9-13-38(14-10-36)42-20-22-46(56-42)44-18-16-40(54-44)24-26-50-32-34-52-30-28-48-4-2/h7-22H,3-4,23-34H2,1-2H3. The Labute approximate surface area is 348 Å². The summed E-state index contributed by atoms with van der Waals surface area (Å²) in [5.41, 5.74) is 4.42. The highest BCUT2D eigenvalue weighted by atomic mass is 32.1. The summed E-state index contributed by atoms with van der Waals surface area (Å²) in [5, 5.41) is 0. The quantitative estimate of drug-likeness (QED) is 0.0448. The van der Waals surface area contributed by atoms with Crippen LogP contribution in [0.4, 0.5) is 0 Å². The van der Waals surface area contributed by atoms with Gasteiger partial charge in [-0.1, -0.05) is 36.1 Å². The molecule has 0 aliphatic carbocycles. The van der Waals surface area contributed by atoms with Crippen LogP contribution in [-0.2, 0) is 41.3 Å². The van der Waals surface area contributed by atoms with Gasteiger partial charge >= 0.3 is 0 Å². The van der Waals surface area contributed by atoms with Crippen molar-refractivity contribution in [2.24, 2.45) is 0 Å². The predicted molar refractivity (Wildman–Crippen MR) is 236 cm³/mol. The van der Waals surface area contributed by atoms with Crippen LogP contribution >= 0.6 is 45.3 Å². The molecule has 6 nitrogen and oxygen atoms in total. The predicted octanol–water partition coefficient (Wildman–Crippen LogP) is 11.2. The van der Waals surface area contributed by atoms with Crippen molar-refractivity contribution in [3.05, 3.63) is 118 Å². The zero-order valence-electron chi connectivity index (χ0n) is 32.2. The highest BCUT2D eigenvalue weighted by Crippen LogP contribution is 2.39. The highest BCUT2D eigenvalue weighted by molar-refractivity contribution is 7.24. The molecule has 294 valence electrons. The Morgan fingerprint density at radius 3 is 1.05 bits per heavy atom. The van der Waals surface area contributed by atoms with Crippen LogP contribution in [0.2, 0.25) is 0 Å². The fourth-order valence-electron chi connectivity index (χ4n) is 5.63.